The lowest BCUT2D eigenvalue weighted by Crippen LogP contribution is -2.31. The number of methoxy groups -OCH3 is 2. The van der Waals surface area contributed by atoms with Crippen molar-refractivity contribution in [1.82, 2.24) is 24.5 Å². The summed E-state index contributed by atoms with van der Waals surface area (Å²) in [4.78, 5) is 30.5. The molecule has 0 aliphatic carbocycles. The summed E-state index contributed by atoms with van der Waals surface area (Å²) < 4.78 is 12.1. The summed E-state index contributed by atoms with van der Waals surface area (Å²) in [5, 5.41) is 0.188. The van der Waals surface area contributed by atoms with Crippen molar-refractivity contribution < 1.29 is 14.3 Å². The van der Waals surface area contributed by atoms with Gasteiger partial charge in [-0.25, -0.2) is 19.9 Å². The third kappa shape index (κ3) is 5.00. The van der Waals surface area contributed by atoms with Crippen LogP contribution in [0.25, 0.3) is 22.7 Å². The standard InChI is InChI=1S/C23H26ClN5O3/c1-6-7-8-9-12-16-26-19(24)18-21(27-16)29(14-23(2,3)22(30)32-5)20(28-18)15-11-10-13-17(25-15)31-4/h10-11,13H,6-8,14H2,1-5H3. The minimum Gasteiger partial charge on any atom is -0.481 e. The second-order valence-corrected chi connectivity index (χ2v) is 8.24. The fourth-order valence-electron chi connectivity index (χ4n) is 3.16. The van der Waals surface area contributed by atoms with Crippen LogP contribution in [0.4, 0.5) is 0 Å². The summed E-state index contributed by atoms with van der Waals surface area (Å²) in [6, 6.07) is 5.36. The Morgan fingerprint density at radius 2 is 1.97 bits per heavy atom. The minimum atomic E-state index is -0.861. The summed E-state index contributed by atoms with van der Waals surface area (Å²) in [7, 11) is 2.91. The summed E-state index contributed by atoms with van der Waals surface area (Å²) in [6.45, 7) is 5.93. The van der Waals surface area contributed by atoms with Gasteiger partial charge in [0, 0.05) is 19.0 Å². The molecule has 0 aliphatic rings. The van der Waals surface area contributed by atoms with Crippen LogP contribution in [0.1, 0.15) is 45.9 Å². The van der Waals surface area contributed by atoms with Crippen molar-refractivity contribution in [2.45, 2.75) is 46.6 Å². The predicted octanol–water partition coefficient (Wildman–Crippen LogP) is 4.29. The molecule has 0 N–H and O–H groups in total. The molecular formula is C23H26ClN5O3. The van der Waals surface area contributed by atoms with Gasteiger partial charge < -0.3 is 14.0 Å². The smallest absolute Gasteiger partial charge is 0.313 e. The van der Waals surface area contributed by atoms with Crippen molar-refractivity contribution in [2.24, 2.45) is 5.41 Å². The van der Waals surface area contributed by atoms with E-state index >= 15 is 0 Å². The SMILES string of the molecule is CCCCC#Cc1nc(Cl)c2nc(-c3cccc(OC)n3)n(CC(C)(C)C(=O)OC)c2n1. The number of aromatic nitrogens is 5. The highest BCUT2D eigenvalue weighted by molar-refractivity contribution is 6.33. The molecule has 0 bridgehead atoms. The summed E-state index contributed by atoms with van der Waals surface area (Å²) in [5.41, 5.74) is 0.572. The molecule has 0 unspecified atom stereocenters. The number of carbonyl (C=O) groups excluding carboxylic acids is 1. The maximum Gasteiger partial charge on any atom is 0.313 e. The zero-order valence-corrected chi connectivity index (χ0v) is 19.7. The lowest BCUT2D eigenvalue weighted by atomic mass is 9.93. The van der Waals surface area contributed by atoms with E-state index in [0.29, 0.717) is 34.4 Å². The van der Waals surface area contributed by atoms with Gasteiger partial charge in [0.25, 0.3) is 0 Å². The van der Waals surface area contributed by atoms with Gasteiger partial charge in [0.05, 0.1) is 19.6 Å². The molecular weight excluding hydrogens is 430 g/mol. The largest absolute Gasteiger partial charge is 0.481 e. The first kappa shape index (κ1) is 23.5. The van der Waals surface area contributed by atoms with Gasteiger partial charge in [-0.3, -0.25) is 4.79 Å². The maximum atomic E-state index is 12.4. The summed E-state index contributed by atoms with van der Waals surface area (Å²) in [6.07, 6.45) is 2.81. The Morgan fingerprint density at radius 3 is 2.66 bits per heavy atom. The Labute approximate surface area is 192 Å². The van der Waals surface area contributed by atoms with Crippen LogP contribution >= 0.6 is 11.6 Å². The Kier molecular flexibility index (Phi) is 7.31. The number of unbranched alkanes of at least 4 members (excludes halogenated alkanes) is 2. The highest BCUT2D eigenvalue weighted by atomic mass is 35.5. The number of esters is 1. The molecule has 3 rings (SSSR count). The number of ether oxygens (including phenoxy) is 2. The van der Waals surface area contributed by atoms with Gasteiger partial charge >= 0.3 is 5.97 Å². The van der Waals surface area contributed by atoms with Crippen LogP contribution in [0, 0.1) is 17.3 Å². The van der Waals surface area contributed by atoms with E-state index in [4.69, 9.17) is 21.1 Å². The Balaban J connectivity index is 2.21. The highest BCUT2D eigenvalue weighted by Crippen LogP contribution is 2.31. The molecule has 0 saturated carbocycles. The zero-order chi connectivity index (χ0) is 23.3. The molecule has 0 spiro atoms. The van der Waals surface area contributed by atoms with Crippen molar-refractivity contribution in [2.75, 3.05) is 14.2 Å². The lowest BCUT2D eigenvalue weighted by molar-refractivity contribution is -0.151. The fourth-order valence-corrected chi connectivity index (χ4v) is 3.37. The number of fused-ring (bicyclic) bond motifs is 1. The van der Waals surface area contributed by atoms with Crippen LogP contribution in [-0.2, 0) is 16.1 Å². The number of rotatable bonds is 7. The quantitative estimate of drug-likeness (QED) is 0.227. The molecule has 9 heteroatoms. The van der Waals surface area contributed by atoms with Crippen molar-refractivity contribution in [1.29, 1.82) is 0 Å². The number of hydrogen-bond acceptors (Lipinski definition) is 7. The van der Waals surface area contributed by atoms with E-state index in [9.17, 15) is 4.79 Å². The summed E-state index contributed by atoms with van der Waals surface area (Å²) in [5.74, 6) is 6.93. The van der Waals surface area contributed by atoms with Crippen LogP contribution in [0.2, 0.25) is 5.15 Å². The normalized spacial score (nSPS) is 11.2. The molecule has 0 aliphatic heterocycles. The highest BCUT2D eigenvalue weighted by Gasteiger charge is 2.32. The molecule has 168 valence electrons. The van der Waals surface area contributed by atoms with Gasteiger partial charge in [-0.15, -0.1) is 0 Å². The predicted molar refractivity (Wildman–Crippen MR) is 122 cm³/mol. The second-order valence-electron chi connectivity index (χ2n) is 7.88. The number of pyridine rings is 1. The number of carbonyl (C=O) groups is 1. The third-order valence-corrected chi connectivity index (χ3v) is 5.12. The average Bonchev–Trinajstić information content (AvgIpc) is 3.14. The van der Waals surface area contributed by atoms with Gasteiger partial charge in [0.2, 0.25) is 11.7 Å². The molecule has 3 heterocycles. The van der Waals surface area contributed by atoms with E-state index in [1.165, 1.54) is 7.11 Å². The van der Waals surface area contributed by atoms with E-state index in [2.05, 4.69) is 38.7 Å². The topological polar surface area (TPSA) is 92.0 Å². The molecule has 8 nitrogen and oxygen atoms in total. The van der Waals surface area contributed by atoms with Gasteiger partial charge in [-0.2, -0.15) is 0 Å². The fraction of sp³-hybridized carbons (Fsp3) is 0.435. The monoisotopic (exact) mass is 455 g/mol. The Bertz CT molecular complexity index is 1190. The van der Waals surface area contributed by atoms with Crippen molar-refractivity contribution in [3.8, 4) is 29.2 Å². The first-order valence-corrected chi connectivity index (χ1v) is 10.7. The van der Waals surface area contributed by atoms with Crippen molar-refractivity contribution in [3.63, 3.8) is 0 Å². The molecule has 0 saturated heterocycles. The maximum absolute atomic E-state index is 12.4. The number of nitrogens with zero attached hydrogens (tertiary/aromatic N) is 5. The number of imidazole rings is 1. The van der Waals surface area contributed by atoms with Gasteiger partial charge in [0.1, 0.15) is 11.2 Å². The third-order valence-electron chi connectivity index (χ3n) is 4.86. The van der Waals surface area contributed by atoms with Crippen molar-refractivity contribution >= 4 is 28.7 Å². The number of hydrogen-bond donors (Lipinski definition) is 0. The van der Waals surface area contributed by atoms with E-state index in [-0.39, 0.29) is 17.7 Å². The molecule has 0 amide bonds. The van der Waals surface area contributed by atoms with Crippen LogP contribution < -0.4 is 4.74 Å². The molecule has 32 heavy (non-hydrogen) atoms. The molecule has 0 radical (unpaired) electrons. The summed E-state index contributed by atoms with van der Waals surface area (Å²) >= 11 is 6.46. The first-order valence-electron chi connectivity index (χ1n) is 10.3. The van der Waals surface area contributed by atoms with E-state index in [1.54, 1.807) is 37.7 Å². The van der Waals surface area contributed by atoms with Crippen LogP contribution in [0.15, 0.2) is 18.2 Å². The number of halogens is 1. The molecule has 0 fully saturated rings. The lowest BCUT2D eigenvalue weighted by Gasteiger charge is -2.23. The first-order chi connectivity index (χ1) is 15.3. The zero-order valence-electron chi connectivity index (χ0n) is 18.9. The van der Waals surface area contributed by atoms with Crippen LogP contribution in [0.5, 0.6) is 5.88 Å². The molecule has 3 aromatic rings. The van der Waals surface area contributed by atoms with E-state index in [1.807, 2.05) is 6.07 Å². The van der Waals surface area contributed by atoms with Crippen LogP contribution in [-0.4, -0.2) is 44.7 Å². The Hall–Kier alpha value is -3.18. The van der Waals surface area contributed by atoms with Crippen LogP contribution in [0.3, 0.4) is 0 Å². The van der Waals surface area contributed by atoms with Crippen molar-refractivity contribution in [3.05, 3.63) is 29.2 Å². The second kappa shape index (κ2) is 9.96. The van der Waals surface area contributed by atoms with E-state index < -0.39 is 5.41 Å². The molecule has 3 aromatic heterocycles. The average molecular weight is 456 g/mol. The Morgan fingerprint density at radius 1 is 1.19 bits per heavy atom. The minimum absolute atomic E-state index is 0.188. The van der Waals surface area contributed by atoms with Gasteiger partial charge in [0.15, 0.2) is 16.6 Å². The molecule has 0 atom stereocenters. The molecule has 0 aromatic carbocycles. The van der Waals surface area contributed by atoms with E-state index in [0.717, 1.165) is 19.3 Å². The van der Waals surface area contributed by atoms with Gasteiger partial charge in [-0.1, -0.05) is 36.9 Å². The van der Waals surface area contributed by atoms with Gasteiger partial charge in [-0.05, 0) is 32.3 Å².